The molecule has 0 spiro atoms. The van der Waals surface area contributed by atoms with Crippen molar-refractivity contribution >= 4 is 23.1 Å². The van der Waals surface area contributed by atoms with Crippen molar-refractivity contribution in [2.45, 2.75) is 51.4 Å². The van der Waals surface area contributed by atoms with Gasteiger partial charge >= 0.3 is 0 Å². The van der Waals surface area contributed by atoms with Crippen molar-refractivity contribution in [3.8, 4) is 6.07 Å². The average Bonchev–Trinajstić information content (AvgIpc) is 3.29. The van der Waals surface area contributed by atoms with Gasteiger partial charge in [0.2, 0.25) is 5.91 Å². The summed E-state index contributed by atoms with van der Waals surface area (Å²) in [6, 6.07) is 7.61. The van der Waals surface area contributed by atoms with Crippen molar-refractivity contribution in [1.82, 2.24) is 9.97 Å². The molecule has 0 bridgehead atoms. The number of imidazole rings is 1. The maximum Gasteiger partial charge on any atom is 0.291 e. The number of nitriles is 1. The monoisotopic (exact) mass is 447 g/mol. The molecule has 2 aliphatic rings. The summed E-state index contributed by atoms with van der Waals surface area (Å²) in [5.74, 6) is -0.719. The molecule has 1 aromatic carbocycles. The topological polar surface area (TPSA) is 134 Å². The number of primary amides is 1. The number of aromatic nitrogens is 2. The lowest BCUT2D eigenvalue weighted by Crippen LogP contribution is -2.45. The average molecular weight is 448 g/mol. The molecule has 1 aromatic heterocycles. The fraction of sp³-hybridized carbons (Fsp3) is 0.440. The van der Waals surface area contributed by atoms with E-state index >= 15 is 0 Å². The first-order chi connectivity index (χ1) is 15.7. The number of nitrogens with zero attached hydrogens (tertiary/aromatic N) is 2. The highest BCUT2D eigenvalue weighted by molar-refractivity contribution is 6.03. The van der Waals surface area contributed by atoms with Crippen molar-refractivity contribution < 1.29 is 14.3 Å². The second-order valence-electron chi connectivity index (χ2n) is 9.62. The number of rotatable bonds is 5. The van der Waals surface area contributed by atoms with Gasteiger partial charge in [-0.2, -0.15) is 5.26 Å². The molecule has 2 heterocycles. The van der Waals surface area contributed by atoms with E-state index in [2.05, 4.69) is 35.2 Å². The molecule has 1 aliphatic heterocycles. The van der Waals surface area contributed by atoms with Crippen LogP contribution in [0.2, 0.25) is 0 Å². The minimum atomic E-state index is -0.785. The molecular weight excluding hydrogens is 418 g/mol. The van der Waals surface area contributed by atoms with Crippen molar-refractivity contribution in [3.63, 3.8) is 0 Å². The van der Waals surface area contributed by atoms with Crippen LogP contribution in [-0.2, 0) is 14.9 Å². The maximum atomic E-state index is 12.8. The predicted octanol–water partition coefficient (Wildman–Crippen LogP) is 3.66. The van der Waals surface area contributed by atoms with Gasteiger partial charge in [-0.25, -0.2) is 4.98 Å². The molecule has 4 rings (SSSR count). The number of hydrogen-bond donors (Lipinski definition) is 3. The summed E-state index contributed by atoms with van der Waals surface area (Å²) in [6.07, 6.45) is 7.50. The minimum absolute atomic E-state index is 0.0679. The number of benzene rings is 1. The number of carbonyl (C=O) groups is 2. The van der Waals surface area contributed by atoms with E-state index in [-0.39, 0.29) is 22.8 Å². The summed E-state index contributed by atoms with van der Waals surface area (Å²) >= 11 is 0. The first kappa shape index (κ1) is 22.7. The van der Waals surface area contributed by atoms with E-state index < -0.39 is 11.3 Å². The SMILES string of the molecule is CC1(C)CC=C(c2cc(C3(C(N)=O)CCOCC3)ccc2NC(=O)c2nc(C#N)c[nH]2)CC1. The Balaban J connectivity index is 1.74. The lowest BCUT2D eigenvalue weighted by Gasteiger charge is -2.35. The molecule has 1 fully saturated rings. The zero-order valence-electron chi connectivity index (χ0n) is 19.0. The molecule has 0 atom stereocenters. The predicted molar refractivity (Wildman–Crippen MR) is 124 cm³/mol. The Kier molecular flexibility index (Phi) is 6.09. The zero-order valence-corrected chi connectivity index (χ0v) is 19.0. The Morgan fingerprint density at radius 3 is 2.61 bits per heavy atom. The number of amides is 2. The first-order valence-corrected chi connectivity index (χ1v) is 11.2. The van der Waals surface area contributed by atoms with Crippen LogP contribution in [0.25, 0.3) is 5.57 Å². The Hall–Kier alpha value is -3.44. The molecule has 2 amide bonds. The molecule has 2 aromatic rings. The summed E-state index contributed by atoms with van der Waals surface area (Å²) < 4.78 is 5.49. The maximum absolute atomic E-state index is 12.8. The summed E-state index contributed by atoms with van der Waals surface area (Å²) in [5, 5.41) is 11.9. The molecule has 0 radical (unpaired) electrons. The number of H-pyrrole nitrogens is 1. The molecule has 8 nitrogen and oxygen atoms in total. The van der Waals surface area contributed by atoms with Crippen LogP contribution < -0.4 is 11.1 Å². The van der Waals surface area contributed by atoms with E-state index in [1.165, 1.54) is 6.20 Å². The minimum Gasteiger partial charge on any atom is -0.381 e. The van der Waals surface area contributed by atoms with Crippen molar-refractivity contribution in [1.29, 1.82) is 5.26 Å². The van der Waals surface area contributed by atoms with Crippen LogP contribution >= 0.6 is 0 Å². The van der Waals surface area contributed by atoms with Crippen LogP contribution in [0.15, 0.2) is 30.5 Å². The van der Waals surface area contributed by atoms with Crippen LogP contribution in [0, 0.1) is 16.7 Å². The summed E-state index contributed by atoms with van der Waals surface area (Å²) in [6.45, 7) is 5.45. The van der Waals surface area contributed by atoms with E-state index in [0.29, 0.717) is 31.7 Å². The number of carbonyl (C=O) groups excluding carboxylic acids is 2. The zero-order chi connectivity index (χ0) is 23.6. The highest BCUT2D eigenvalue weighted by Crippen LogP contribution is 2.42. The molecule has 172 valence electrons. The third kappa shape index (κ3) is 4.55. The molecule has 33 heavy (non-hydrogen) atoms. The Morgan fingerprint density at radius 1 is 1.24 bits per heavy atom. The van der Waals surface area contributed by atoms with Crippen LogP contribution in [0.4, 0.5) is 5.69 Å². The van der Waals surface area contributed by atoms with Gasteiger partial charge in [0.15, 0.2) is 11.5 Å². The quantitative estimate of drug-likeness (QED) is 0.643. The molecule has 4 N–H and O–H groups in total. The Labute approximate surface area is 193 Å². The summed E-state index contributed by atoms with van der Waals surface area (Å²) in [7, 11) is 0. The number of ether oxygens (including phenoxy) is 1. The molecule has 8 heteroatoms. The molecule has 0 unspecified atom stereocenters. The number of allylic oxidation sites excluding steroid dienone is 2. The lowest BCUT2D eigenvalue weighted by molar-refractivity contribution is -0.127. The van der Waals surface area contributed by atoms with Gasteiger partial charge in [-0.05, 0) is 60.8 Å². The Bertz CT molecular complexity index is 1150. The largest absolute Gasteiger partial charge is 0.381 e. The van der Waals surface area contributed by atoms with Gasteiger partial charge in [0.25, 0.3) is 5.91 Å². The normalized spacial score (nSPS) is 19.2. The second-order valence-corrected chi connectivity index (χ2v) is 9.62. The summed E-state index contributed by atoms with van der Waals surface area (Å²) in [4.78, 5) is 32.1. The fourth-order valence-electron chi connectivity index (χ4n) is 4.61. The van der Waals surface area contributed by atoms with Crippen LogP contribution in [0.1, 0.15) is 73.4 Å². The third-order valence-corrected chi connectivity index (χ3v) is 6.86. The van der Waals surface area contributed by atoms with Gasteiger partial charge in [-0.3, -0.25) is 9.59 Å². The van der Waals surface area contributed by atoms with Gasteiger partial charge in [0.1, 0.15) is 6.07 Å². The smallest absolute Gasteiger partial charge is 0.291 e. The van der Waals surface area contributed by atoms with E-state index in [1.54, 1.807) is 0 Å². The van der Waals surface area contributed by atoms with Crippen LogP contribution in [-0.4, -0.2) is 35.0 Å². The van der Waals surface area contributed by atoms with Crippen LogP contribution in [0.5, 0.6) is 0 Å². The van der Waals surface area contributed by atoms with Crippen LogP contribution in [0.3, 0.4) is 0 Å². The van der Waals surface area contributed by atoms with Gasteiger partial charge in [0.05, 0.1) is 5.41 Å². The molecular formula is C25H29N5O3. The first-order valence-electron chi connectivity index (χ1n) is 11.2. The fourth-order valence-corrected chi connectivity index (χ4v) is 4.61. The van der Waals surface area contributed by atoms with Gasteiger partial charge in [-0.1, -0.05) is 26.0 Å². The van der Waals surface area contributed by atoms with Crippen molar-refractivity contribution in [2.24, 2.45) is 11.1 Å². The third-order valence-electron chi connectivity index (χ3n) is 6.86. The van der Waals surface area contributed by atoms with Gasteiger partial charge < -0.3 is 20.8 Å². The Morgan fingerprint density at radius 2 is 2.00 bits per heavy atom. The van der Waals surface area contributed by atoms with E-state index in [9.17, 15) is 9.59 Å². The van der Waals surface area contributed by atoms with Crippen molar-refractivity contribution in [2.75, 3.05) is 18.5 Å². The van der Waals surface area contributed by atoms with E-state index in [0.717, 1.165) is 36.0 Å². The molecule has 1 aliphatic carbocycles. The second kappa shape index (κ2) is 8.83. The molecule has 0 saturated carbocycles. The lowest BCUT2D eigenvalue weighted by atomic mass is 9.72. The van der Waals surface area contributed by atoms with E-state index in [4.69, 9.17) is 15.7 Å². The van der Waals surface area contributed by atoms with E-state index in [1.807, 2.05) is 24.3 Å². The number of nitrogens with two attached hydrogens (primary N) is 1. The number of hydrogen-bond acceptors (Lipinski definition) is 5. The summed E-state index contributed by atoms with van der Waals surface area (Å²) in [5.41, 5.74) is 8.98. The van der Waals surface area contributed by atoms with Crippen molar-refractivity contribution in [3.05, 3.63) is 53.1 Å². The van der Waals surface area contributed by atoms with Gasteiger partial charge in [0, 0.05) is 30.7 Å². The standard InChI is InChI=1S/C25H29N5O3/c1-24(2)7-5-16(6-8-24)19-13-17(25(23(27)32)9-11-33-12-10-25)3-4-20(19)30-22(31)21-28-15-18(14-26)29-21/h3-5,13,15H,6-12H2,1-2H3,(H2,27,32)(H,28,29)(H,30,31). The van der Waals surface area contributed by atoms with Gasteiger partial charge in [-0.15, -0.1) is 0 Å². The molecule has 1 saturated heterocycles. The highest BCUT2D eigenvalue weighted by Gasteiger charge is 2.40. The number of aromatic amines is 1. The number of anilines is 1. The highest BCUT2D eigenvalue weighted by atomic mass is 16.5. The number of nitrogens with one attached hydrogen (secondary N) is 2.